The van der Waals surface area contributed by atoms with Gasteiger partial charge < -0.3 is 4.74 Å². The Kier molecular flexibility index (Phi) is 3.95. The van der Waals surface area contributed by atoms with Gasteiger partial charge in [0.25, 0.3) is 0 Å². The fraction of sp³-hybridized carbons (Fsp3) is 0.250. The number of ether oxygens (including phenoxy) is 1. The van der Waals surface area contributed by atoms with E-state index in [1.54, 1.807) is 7.11 Å². The summed E-state index contributed by atoms with van der Waals surface area (Å²) in [4.78, 5) is 0. The van der Waals surface area contributed by atoms with E-state index in [0.29, 0.717) is 0 Å². The summed E-state index contributed by atoms with van der Waals surface area (Å²) in [6.45, 7) is 8.51. The number of aryl methyl sites for hydroxylation is 3. The molecule has 0 N–H and O–H groups in total. The van der Waals surface area contributed by atoms with Gasteiger partial charge in [-0.2, -0.15) is 5.10 Å². The lowest BCUT2D eigenvalue weighted by Gasteiger charge is -2.11. The van der Waals surface area contributed by atoms with Crippen molar-refractivity contribution in [2.45, 2.75) is 27.7 Å². The summed E-state index contributed by atoms with van der Waals surface area (Å²) in [6, 6.07) is 14.4. The second-order valence-electron chi connectivity index (χ2n) is 5.93. The van der Waals surface area contributed by atoms with Crippen molar-refractivity contribution in [3.63, 3.8) is 0 Å². The molecule has 0 unspecified atom stereocenters. The van der Waals surface area contributed by atoms with Crippen LogP contribution in [0.25, 0.3) is 16.8 Å². The maximum atomic E-state index is 5.34. The molecule has 0 aliphatic carbocycles. The lowest BCUT2D eigenvalue weighted by Crippen LogP contribution is -1.99. The minimum Gasteiger partial charge on any atom is -0.497 e. The van der Waals surface area contributed by atoms with Crippen LogP contribution in [0.4, 0.5) is 0 Å². The topological polar surface area (TPSA) is 27.1 Å². The normalized spacial score (nSPS) is 10.8. The highest BCUT2D eigenvalue weighted by molar-refractivity contribution is 5.75. The Morgan fingerprint density at radius 1 is 0.870 bits per heavy atom. The van der Waals surface area contributed by atoms with Crippen molar-refractivity contribution in [2.75, 3.05) is 7.11 Å². The average Bonchev–Trinajstić information content (AvgIpc) is 2.83. The Balaban J connectivity index is 2.21. The van der Waals surface area contributed by atoms with Gasteiger partial charge in [0.2, 0.25) is 0 Å². The zero-order chi connectivity index (χ0) is 16.6. The SMILES string of the molecule is COc1cccc(-n2nc(C)c(-c3c(C)cccc3C)c2C)c1. The maximum Gasteiger partial charge on any atom is 0.121 e. The van der Waals surface area contributed by atoms with Gasteiger partial charge in [0.05, 0.1) is 18.5 Å². The highest BCUT2D eigenvalue weighted by Gasteiger charge is 2.17. The predicted molar refractivity (Wildman–Crippen MR) is 94.5 cm³/mol. The molecule has 3 aromatic rings. The zero-order valence-electron chi connectivity index (χ0n) is 14.3. The van der Waals surface area contributed by atoms with Gasteiger partial charge in [-0.25, -0.2) is 4.68 Å². The monoisotopic (exact) mass is 306 g/mol. The van der Waals surface area contributed by atoms with Crippen molar-refractivity contribution in [1.29, 1.82) is 0 Å². The number of nitrogens with zero attached hydrogens (tertiary/aromatic N) is 2. The van der Waals surface area contributed by atoms with Gasteiger partial charge in [-0.15, -0.1) is 0 Å². The van der Waals surface area contributed by atoms with Crippen LogP contribution in [-0.4, -0.2) is 16.9 Å². The first-order chi connectivity index (χ1) is 11.0. The Bertz CT molecular complexity index is 842. The Morgan fingerprint density at radius 2 is 1.52 bits per heavy atom. The molecule has 1 aromatic heterocycles. The van der Waals surface area contributed by atoms with Crippen LogP contribution in [0.5, 0.6) is 5.75 Å². The van der Waals surface area contributed by atoms with E-state index in [4.69, 9.17) is 9.84 Å². The van der Waals surface area contributed by atoms with Crippen molar-refractivity contribution in [3.05, 3.63) is 65.0 Å². The van der Waals surface area contributed by atoms with Crippen molar-refractivity contribution in [1.82, 2.24) is 9.78 Å². The van der Waals surface area contributed by atoms with Crippen LogP contribution in [0.3, 0.4) is 0 Å². The number of hydrogen-bond acceptors (Lipinski definition) is 2. The van der Waals surface area contributed by atoms with Gasteiger partial charge in [-0.1, -0.05) is 24.3 Å². The van der Waals surface area contributed by atoms with Crippen molar-refractivity contribution >= 4 is 0 Å². The van der Waals surface area contributed by atoms with Gasteiger partial charge >= 0.3 is 0 Å². The van der Waals surface area contributed by atoms with Crippen LogP contribution in [-0.2, 0) is 0 Å². The largest absolute Gasteiger partial charge is 0.497 e. The molecule has 118 valence electrons. The molecule has 23 heavy (non-hydrogen) atoms. The molecule has 0 fully saturated rings. The Labute approximate surface area is 137 Å². The molecule has 0 atom stereocenters. The molecule has 0 bridgehead atoms. The summed E-state index contributed by atoms with van der Waals surface area (Å²) >= 11 is 0. The summed E-state index contributed by atoms with van der Waals surface area (Å²) < 4.78 is 7.33. The molecule has 2 aromatic carbocycles. The molecule has 0 spiro atoms. The van der Waals surface area contributed by atoms with Crippen LogP contribution in [0.1, 0.15) is 22.5 Å². The minimum absolute atomic E-state index is 0.837. The molecule has 3 rings (SSSR count). The van der Waals surface area contributed by atoms with Gasteiger partial charge in [0.1, 0.15) is 5.75 Å². The highest BCUT2D eigenvalue weighted by atomic mass is 16.5. The first-order valence-corrected chi connectivity index (χ1v) is 7.80. The summed E-state index contributed by atoms with van der Waals surface area (Å²) in [5.74, 6) is 0.837. The third-order valence-electron chi connectivity index (χ3n) is 4.32. The molecule has 1 heterocycles. The summed E-state index contributed by atoms with van der Waals surface area (Å²) in [5, 5.41) is 4.78. The second-order valence-corrected chi connectivity index (χ2v) is 5.93. The molecule has 0 amide bonds. The minimum atomic E-state index is 0.837. The van der Waals surface area contributed by atoms with E-state index in [9.17, 15) is 0 Å². The van der Waals surface area contributed by atoms with Gasteiger partial charge in [-0.3, -0.25) is 0 Å². The van der Waals surface area contributed by atoms with Crippen LogP contribution in [0.15, 0.2) is 42.5 Å². The van der Waals surface area contributed by atoms with Crippen molar-refractivity contribution < 1.29 is 4.74 Å². The molecule has 0 aliphatic rings. The summed E-state index contributed by atoms with van der Waals surface area (Å²) in [6.07, 6.45) is 0. The third kappa shape index (κ3) is 2.63. The first kappa shape index (κ1) is 15.3. The Hall–Kier alpha value is -2.55. The molecule has 0 saturated carbocycles. The van der Waals surface area contributed by atoms with E-state index >= 15 is 0 Å². The second kappa shape index (κ2) is 5.92. The lowest BCUT2D eigenvalue weighted by atomic mass is 9.94. The fourth-order valence-electron chi connectivity index (χ4n) is 3.21. The standard InChI is InChI=1S/C20H22N2O/c1-13-8-6-9-14(2)19(13)20-15(3)21-22(16(20)4)17-10-7-11-18(12-17)23-5/h6-12H,1-5H3. The Morgan fingerprint density at radius 3 is 2.17 bits per heavy atom. The predicted octanol–water partition coefficient (Wildman–Crippen LogP) is 4.78. The van der Waals surface area contributed by atoms with Crippen LogP contribution in [0, 0.1) is 27.7 Å². The molecule has 0 aliphatic heterocycles. The van der Waals surface area contributed by atoms with E-state index in [-0.39, 0.29) is 0 Å². The van der Waals surface area contributed by atoms with Crippen LogP contribution in [0.2, 0.25) is 0 Å². The van der Waals surface area contributed by atoms with Crippen LogP contribution >= 0.6 is 0 Å². The van der Waals surface area contributed by atoms with Gasteiger partial charge in [0, 0.05) is 17.3 Å². The smallest absolute Gasteiger partial charge is 0.121 e. The number of hydrogen-bond donors (Lipinski definition) is 0. The molecular formula is C20H22N2O. The number of methoxy groups -OCH3 is 1. The van der Waals surface area contributed by atoms with E-state index in [2.05, 4.69) is 52.0 Å². The average molecular weight is 306 g/mol. The highest BCUT2D eigenvalue weighted by Crippen LogP contribution is 2.33. The first-order valence-electron chi connectivity index (χ1n) is 7.80. The van der Waals surface area contributed by atoms with Crippen molar-refractivity contribution in [2.24, 2.45) is 0 Å². The quantitative estimate of drug-likeness (QED) is 0.696. The van der Waals surface area contributed by atoms with E-state index in [1.165, 1.54) is 22.3 Å². The van der Waals surface area contributed by atoms with Gasteiger partial charge in [-0.05, 0) is 56.5 Å². The lowest BCUT2D eigenvalue weighted by molar-refractivity contribution is 0.414. The van der Waals surface area contributed by atoms with Gasteiger partial charge in [0.15, 0.2) is 0 Å². The maximum absolute atomic E-state index is 5.34. The molecule has 0 saturated heterocycles. The summed E-state index contributed by atoms with van der Waals surface area (Å²) in [7, 11) is 1.68. The number of rotatable bonds is 3. The molecule has 0 radical (unpaired) electrons. The van der Waals surface area contributed by atoms with Crippen LogP contribution < -0.4 is 4.74 Å². The van der Waals surface area contributed by atoms with E-state index in [0.717, 1.165) is 22.8 Å². The fourth-order valence-corrected chi connectivity index (χ4v) is 3.21. The summed E-state index contributed by atoms with van der Waals surface area (Å²) in [5.41, 5.74) is 8.28. The number of benzene rings is 2. The molecular weight excluding hydrogens is 284 g/mol. The van der Waals surface area contributed by atoms with E-state index in [1.807, 2.05) is 22.9 Å². The molecule has 3 nitrogen and oxygen atoms in total. The number of aromatic nitrogens is 2. The third-order valence-corrected chi connectivity index (χ3v) is 4.32. The van der Waals surface area contributed by atoms with E-state index < -0.39 is 0 Å². The van der Waals surface area contributed by atoms with Crippen molar-refractivity contribution in [3.8, 4) is 22.6 Å². The molecule has 3 heteroatoms. The zero-order valence-corrected chi connectivity index (χ0v) is 14.3.